The highest BCUT2D eigenvalue weighted by Gasteiger charge is 2.20. The molecule has 15 heavy (non-hydrogen) atoms. The van der Waals surface area contributed by atoms with Crippen LogP contribution in [0, 0.1) is 17.1 Å². The van der Waals surface area contributed by atoms with E-state index in [1.54, 1.807) is 6.92 Å². The van der Waals surface area contributed by atoms with Crippen molar-refractivity contribution in [1.29, 1.82) is 5.26 Å². The third kappa shape index (κ3) is 2.05. The summed E-state index contributed by atoms with van der Waals surface area (Å²) >= 11 is 3.10. The molecule has 1 aromatic rings. The number of halogens is 2. The highest BCUT2D eigenvalue weighted by Crippen LogP contribution is 2.39. The zero-order valence-electron chi connectivity index (χ0n) is 8.21. The molecule has 0 amide bonds. The number of rotatable bonds is 2. The van der Waals surface area contributed by atoms with Gasteiger partial charge in [0, 0.05) is 5.56 Å². The third-order valence-corrected chi connectivity index (χ3v) is 2.63. The first-order valence-electron chi connectivity index (χ1n) is 4.17. The van der Waals surface area contributed by atoms with Crippen molar-refractivity contribution in [3.05, 3.63) is 21.9 Å². The van der Waals surface area contributed by atoms with E-state index in [1.807, 2.05) is 6.07 Å². The highest BCUT2D eigenvalue weighted by atomic mass is 79.9. The Balaban J connectivity index is 3.42. The van der Waals surface area contributed by atoms with Crippen LogP contribution in [0.25, 0.3) is 0 Å². The molecule has 1 aromatic carbocycles. The number of nitriles is 1. The number of ether oxygens (including phenoxy) is 1. The van der Waals surface area contributed by atoms with E-state index in [1.165, 1.54) is 13.2 Å². The molecule has 0 bridgehead atoms. The SMILES string of the molecule is COc1c(Br)cc(C(C)C#N)c(O)c1F. The minimum absolute atomic E-state index is 0.0682. The summed E-state index contributed by atoms with van der Waals surface area (Å²) in [5.41, 5.74) is 0.239. The summed E-state index contributed by atoms with van der Waals surface area (Å²) in [6.45, 7) is 1.58. The molecule has 3 nitrogen and oxygen atoms in total. The summed E-state index contributed by atoms with van der Waals surface area (Å²) < 4.78 is 18.6. The maximum Gasteiger partial charge on any atom is 0.208 e. The molecule has 1 unspecified atom stereocenters. The lowest BCUT2D eigenvalue weighted by molar-refractivity contribution is 0.359. The highest BCUT2D eigenvalue weighted by molar-refractivity contribution is 9.10. The largest absolute Gasteiger partial charge is 0.504 e. The summed E-state index contributed by atoms with van der Waals surface area (Å²) in [6.07, 6.45) is 0. The zero-order chi connectivity index (χ0) is 11.6. The average molecular weight is 274 g/mol. The summed E-state index contributed by atoms with van der Waals surface area (Å²) in [5, 5.41) is 18.2. The van der Waals surface area contributed by atoms with Crippen molar-refractivity contribution in [1.82, 2.24) is 0 Å². The molecule has 0 fully saturated rings. The smallest absolute Gasteiger partial charge is 0.208 e. The topological polar surface area (TPSA) is 53.2 Å². The fourth-order valence-corrected chi connectivity index (χ4v) is 1.78. The van der Waals surface area contributed by atoms with Crippen LogP contribution in [0.15, 0.2) is 10.5 Å². The molecule has 0 heterocycles. The Labute approximate surface area is 95.2 Å². The van der Waals surface area contributed by atoms with Gasteiger partial charge in [-0.2, -0.15) is 9.65 Å². The first-order chi connectivity index (χ1) is 7.02. The van der Waals surface area contributed by atoms with Gasteiger partial charge in [-0.05, 0) is 28.9 Å². The Morgan fingerprint density at radius 1 is 1.67 bits per heavy atom. The fraction of sp³-hybridized carbons (Fsp3) is 0.300. The van der Waals surface area contributed by atoms with Gasteiger partial charge in [0.1, 0.15) is 0 Å². The summed E-state index contributed by atoms with van der Waals surface area (Å²) in [7, 11) is 1.30. The predicted molar refractivity (Wildman–Crippen MR) is 56.3 cm³/mol. The lowest BCUT2D eigenvalue weighted by Gasteiger charge is -2.11. The van der Waals surface area contributed by atoms with Gasteiger partial charge in [-0.25, -0.2) is 0 Å². The number of phenolic OH excluding ortho intramolecular Hbond substituents is 1. The van der Waals surface area contributed by atoms with E-state index >= 15 is 0 Å². The van der Waals surface area contributed by atoms with E-state index in [4.69, 9.17) is 10.00 Å². The molecular weight excluding hydrogens is 265 g/mol. The number of nitrogens with zero attached hydrogens (tertiary/aromatic N) is 1. The van der Waals surface area contributed by atoms with Crippen LogP contribution in [0.3, 0.4) is 0 Å². The Hall–Kier alpha value is -1.28. The zero-order valence-corrected chi connectivity index (χ0v) is 9.80. The lowest BCUT2D eigenvalue weighted by Crippen LogP contribution is -1.97. The summed E-state index contributed by atoms with van der Waals surface area (Å²) in [6, 6.07) is 3.40. The van der Waals surface area contributed by atoms with E-state index < -0.39 is 17.5 Å². The van der Waals surface area contributed by atoms with Crippen molar-refractivity contribution in [2.24, 2.45) is 0 Å². The molecule has 0 saturated carbocycles. The van der Waals surface area contributed by atoms with Crippen LogP contribution in [0.4, 0.5) is 4.39 Å². The van der Waals surface area contributed by atoms with Gasteiger partial charge in [0.25, 0.3) is 0 Å². The number of benzene rings is 1. The number of hydrogen-bond donors (Lipinski definition) is 1. The molecule has 1 rings (SSSR count). The van der Waals surface area contributed by atoms with Crippen LogP contribution in [0.2, 0.25) is 0 Å². The van der Waals surface area contributed by atoms with Gasteiger partial charge in [0.15, 0.2) is 11.5 Å². The van der Waals surface area contributed by atoms with Crippen LogP contribution >= 0.6 is 15.9 Å². The van der Waals surface area contributed by atoms with E-state index in [0.29, 0.717) is 4.47 Å². The van der Waals surface area contributed by atoms with Gasteiger partial charge in [-0.15, -0.1) is 0 Å². The molecular formula is C10H9BrFNO2. The van der Waals surface area contributed by atoms with Crippen molar-refractivity contribution in [2.45, 2.75) is 12.8 Å². The molecule has 80 valence electrons. The lowest BCUT2D eigenvalue weighted by atomic mass is 10.0. The summed E-state index contributed by atoms with van der Waals surface area (Å²) in [5.74, 6) is -2.05. The minimum atomic E-state index is -0.857. The van der Waals surface area contributed by atoms with Crippen molar-refractivity contribution in [3.8, 4) is 17.6 Å². The van der Waals surface area contributed by atoms with E-state index in [-0.39, 0.29) is 11.3 Å². The van der Waals surface area contributed by atoms with E-state index in [0.717, 1.165) is 0 Å². The molecule has 0 spiro atoms. The normalized spacial score (nSPS) is 11.9. The first kappa shape index (κ1) is 11.8. The minimum Gasteiger partial charge on any atom is -0.504 e. The van der Waals surface area contributed by atoms with Crippen LogP contribution in [-0.2, 0) is 0 Å². The maximum absolute atomic E-state index is 13.5. The fourth-order valence-electron chi connectivity index (χ4n) is 1.20. The van der Waals surface area contributed by atoms with Crippen molar-refractivity contribution in [3.63, 3.8) is 0 Å². The van der Waals surface area contributed by atoms with E-state index in [2.05, 4.69) is 15.9 Å². The van der Waals surface area contributed by atoms with Crippen molar-refractivity contribution < 1.29 is 14.2 Å². The Morgan fingerprint density at radius 2 is 2.27 bits per heavy atom. The molecule has 5 heteroatoms. The Bertz CT molecular complexity index is 428. The predicted octanol–water partition coefficient (Wildman–Crippen LogP) is 2.93. The van der Waals surface area contributed by atoms with Gasteiger partial charge >= 0.3 is 0 Å². The van der Waals surface area contributed by atoms with Crippen molar-refractivity contribution >= 4 is 15.9 Å². The molecule has 0 aliphatic carbocycles. The number of phenols is 1. The second kappa shape index (κ2) is 4.49. The number of aromatic hydroxyl groups is 1. The van der Waals surface area contributed by atoms with Crippen LogP contribution < -0.4 is 4.74 Å². The van der Waals surface area contributed by atoms with Gasteiger partial charge in [-0.1, -0.05) is 0 Å². The average Bonchev–Trinajstić information content (AvgIpc) is 2.23. The molecule has 1 atom stereocenters. The second-order valence-electron chi connectivity index (χ2n) is 2.99. The Kier molecular flexibility index (Phi) is 3.53. The molecule has 0 aliphatic rings. The molecule has 0 aliphatic heterocycles. The van der Waals surface area contributed by atoms with Crippen LogP contribution in [-0.4, -0.2) is 12.2 Å². The van der Waals surface area contributed by atoms with E-state index in [9.17, 15) is 9.50 Å². The number of hydrogen-bond acceptors (Lipinski definition) is 3. The maximum atomic E-state index is 13.5. The molecule has 1 N–H and O–H groups in total. The van der Waals surface area contributed by atoms with Crippen LogP contribution in [0.5, 0.6) is 11.5 Å². The summed E-state index contributed by atoms with van der Waals surface area (Å²) in [4.78, 5) is 0. The van der Waals surface area contributed by atoms with Crippen LogP contribution in [0.1, 0.15) is 18.4 Å². The Morgan fingerprint density at radius 3 is 2.73 bits per heavy atom. The monoisotopic (exact) mass is 273 g/mol. The van der Waals surface area contributed by atoms with Crippen molar-refractivity contribution in [2.75, 3.05) is 7.11 Å². The quantitative estimate of drug-likeness (QED) is 0.902. The molecule has 0 saturated heterocycles. The standard InChI is InChI=1S/C10H9BrFNO2/c1-5(4-13)6-3-7(11)10(15-2)8(12)9(6)14/h3,5,14H,1-2H3. The second-order valence-corrected chi connectivity index (χ2v) is 3.85. The molecule has 0 aromatic heterocycles. The third-order valence-electron chi connectivity index (χ3n) is 2.04. The molecule has 0 radical (unpaired) electrons. The van der Waals surface area contributed by atoms with Gasteiger partial charge in [0.2, 0.25) is 5.82 Å². The van der Waals surface area contributed by atoms with Gasteiger partial charge in [-0.3, -0.25) is 0 Å². The number of methoxy groups -OCH3 is 1. The first-order valence-corrected chi connectivity index (χ1v) is 4.96. The van der Waals surface area contributed by atoms with Gasteiger partial charge < -0.3 is 9.84 Å². The van der Waals surface area contributed by atoms with Gasteiger partial charge in [0.05, 0.1) is 23.6 Å².